The van der Waals surface area contributed by atoms with Crippen LogP contribution >= 0.6 is 0 Å². The summed E-state index contributed by atoms with van der Waals surface area (Å²) in [6.45, 7) is 16.2. The van der Waals surface area contributed by atoms with Crippen LogP contribution in [0.4, 0.5) is 13.2 Å². The molecular weight excluding hydrogens is 569 g/mol. The topological polar surface area (TPSA) is 104 Å². The predicted molar refractivity (Wildman–Crippen MR) is 158 cm³/mol. The van der Waals surface area contributed by atoms with E-state index in [0.717, 1.165) is 26.9 Å². The van der Waals surface area contributed by atoms with Crippen LogP contribution in [0.25, 0.3) is 11.2 Å². The number of hydrogen-bond acceptors (Lipinski definition) is 7. The molecule has 0 saturated carbocycles. The number of fused-ring (bicyclic) bond motifs is 1. The van der Waals surface area contributed by atoms with Crippen molar-refractivity contribution in [2.24, 2.45) is 7.05 Å². The second-order valence-electron chi connectivity index (χ2n) is 9.48. The molecule has 14 heteroatoms. The lowest BCUT2D eigenvalue weighted by molar-refractivity contribution is -0.303. The van der Waals surface area contributed by atoms with Gasteiger partial charge in [-0.2, -0.15) is 4.98 Å². The van der Waals surface area contributed by atoms with E-state index in [1.54, 1.807) is 30.1 Å². The van der Waals surface area contributed by atoms with Gasteiger partial charge in [-0.1, -0.05) is 50.8 Å². The number of alkyl halides is 3. The molecule has 1 saturated heterocycles. The number of allylic oxidation sites excluding steroid dienone is 6. The zero-order valence-corrected chi connectivity index (χ0v) is 25.4. The van der Waals surface area contributed by atoms with Crippen molar-refractivity contribution in [1.82, 2.24) is 28.5 Å². The van der Waals surface area contributed by atoms with Crippen molar-refractivity contribution >= 4 is 17.1 Å². The molecule has 3 rings (SSSR count). The third-order valence-corrected chi connectivity index (χ3v) is 6.29. The van der Waals surface area contributed by atoms with Gasteiger partial charge in [-0.05, 0) is 27.0 Å². The fraction of sp³-hybridized carbons (Fsp3) is 0.448. The maximum atomic E-state index is 13.7. The molecule has 0 atom stereocenters. The van der Waals surface area contributed by atoms with Crippen LogP contribution in [0.5, 0.6) is 6.01 Å². The Balaban J connectivity index is 0.00000316. The molecule has 0 aliphatic carbocycles. The number of ether oxygens (including phenoxy) is 2. The quantitative estimate of drug-likeness (QED) is 0.299. The van der Waals surface area contributed by atoms with Gasteiger partial charge in [0.15, 0.2) is 11.2 Å². The zero-order valence-electron chi connectivity index (χ0n) is 25.4. The summed E-state index contributed by atoms with van der Waals surface area (Å²) in [5, 5.41) is 0. The second kappa shape index (κ2) is 15.2. The van der Waals surface area contributed by atoms with Crippen LogP contribution in [-0.2, 0) is 29.7 Å². The average Bonchev–Trinajstić information content (AvgIpc) is 3.30. The standard InChI is InChI=1S/C27H33F3N6O5.C2H6/c1-7-9-10-18(3)16-35-22-23(31-25(35)40-20(8-2)15-19(4)41-27(28,29)30)33(6)26(39)36(24(22)38)17-21(37)34-13-11-32(5)12-14-34;1-2/h7-10,15H,2,4,11-14,16-17H2,1,3,5-6H3;1-2H3/b9-7+,18-10+,20-15+;. The van der Waals surface area contributed by atoms with E-state index < -0.39 is 29.9 Å². The Labute approximate surface area is 248 Å². The van der Waals surface area contributed by atoms with Gasteiger partial charge in [0.1, 0.15) is 18.1 Å². The molecule has 2 aromatic heterocycles. The van der Waals surface area contributed by atoms with Gasteiger partial charge in [-0.3, -0.25) is 18.7 Å². The molecule has 0 unspecified atom stereocenters. The molecule has 1 aliphatic heterocycles. The second-order valence-corrected chi connectivity index (χ2v) is 9.48. The van der Waals surface area contributed by atoms with E-state index >= 15 is 0 Å². The summed E-state index contributed by atoms with van der Waals surface area (Å²) < 4.78 is 50.7. The Morgan fingerprint density at radius 2 is 1.70 bits per heavy atom. The van der Waals surface area contributed by atoms with Crippen molar-refractivity contribution in [3.8, 4) is 6.01 Å². The lowest BCUT2D eigenvalue weighted by Gasteiger charge is -2.32. The molecule has 3 heterocycles. The van der Waals surface area contributed by atoms with Gasteiger partial charge in [-0.25, -0.2) is 9.36 Å². The first-order valence-corrected chi connectivity index (χ1v) is 13.7. The Kier molecular flexibility index (Phi) is 12.4. The molecule has 1 amide bonds. The van der Waals surface area contributed by atoms with Crippen LogP contribution in [-0.4, -0.2) is 74.0 Å². The molecule has 1 aliphatic rings. The Bertz CT molecular complexity index is 1540. The summed E-state index contributed by atoms with van der Waals surface area (Å²) >= 11 is 0. The lowest BCUT2D eigenvalue weighted by Crippen LogP contribution is -2.50. The lowest BCUT2D eigenvalue weighted by atomic mass is 10.2. The SMILES string of the molecule is C=C/C(=C\C(=C)OC(F)(F)F)Oc1nc2c(c(=O)n(CC(=O)N3CCN(C)CC3)c(=O)n2C)n1C/C(C)=C/C=C/C.CC. The third kappa shape index (κ3) is 9.08. The highest BCUT2D eigenvalue weighted by molar-refractivity contribution is 5.77. The fourth-order valence-corrected chi connectivity index (χ4v) is 4.14. The molecule has 0 aromatic carbocycles. The average molecular weight is 609 g/mol. The number of piperazine rings is 1. The van der Waals surface area contributed by atoms with Crippen molar-refractivity contribution in [3.05, 3.63) is 81.5 Å². The van der Waals surface area contributed by atoms with Crippen LogP contribution in [0.2, 0.25) is 0 Å². The minimum atomic E-state index is -4.97. The van der Waals surface area contributed by atoms with Gasteiger partial charge in [0.2, 0.25) is 5.91 Å². The summed E-state index contributed by atoms with van der Waals surface area (Å²) in [6, 6.07) is -0.200. The van der Waals surface area contributed by atoms with Crippen LogP contribution in [0, 0.1) is 0 Å². The van der Waals surface area contributed by atoms with E-state index in [0.29, 0.717) is 26.2 Å². The van der Waals surface area contributed by atoms with Gasteiger partial charge < -0.3 is 19.3 Å². The third-order valence-electron chi connectivity index (χ3n) is 6.29. The maximum absolute atomic E-state index is 13.7. The summed E-state index contributed by atoms with van der Waals surface area (Å²) in [5.41, 5.74) is -0.829. The summed E-state index contributed by atoms with van der Waals surface area (Å²) in [4.78, 5) is 47.9. The normalized spacial score (nSPS) is 15.0. The molecule has 0 radical (unpaired) electrons. The van der Waals surface area contributed by atoms with Crippen molar-refractivity contribution in [2.45, 2.75) is 47.1 Å². The van der Waals surface area contributed by atoms with Gasteiger partial charge >= 0.3 is 18.1 Å². The molecule has 0 N–H and O–H groups in total. The number of aromatic nitrogens is 4. The first kappa shape index (κ1) is 34.9. The number of imidazole rings is 1. The Morgan fingerprint density at radius 3 is 2.26 bits per heavy atom. The zero-order chi connectivity index (χ0) is 32.5. The Morgan fingerprint density at radius 1 is 1.07 bits per heavy atom. The summed E-state index contributed by atoms with van der Waals surface area (Å²) in [7, 11) is 3.34. The smallest absolute Gasteiger partial charge is 0.425 e. The first-order valence-electron chi connectivity index (χ1n) is 13.7. The monoisotopic (exact) mass is 608 g/mol. The largest absolute Gasteiger partial charge is 0.573 e. The van der Waals surface area contributed by atoms with Crippen LogP contribution in [0.3, 0.4) is 0 Å². The summed E-state index contributed by atoms with van der Waals surface area (Å²) in [5.74, 6) is -1.35. The van der Waals surface area contributed by atoms with E-state index in [4.69, 9.17) is 4.74 Å². The van der Waals surface area contributed by atoms with Crippen molar-refractivity contribution in [3.63, 3.8) is 0 Å². The summed E-state index contributed by atoms with van der Waals surface area (Å²) in [6.07, 6.45) is 2.38. The van der Waals surface area contributed by atoms with Crippen molar-refractivity contribution < 1.29 is 27.4 Å². The van der Waals surface area contributed by atoms with Gasteiger partial charge in [0.25, 0.3) is 5.56 Å². The van der Waals surface area contributed by atoms with E-state index in [-0.39, 0.29) is 35.4 Å². The molecule has 0 spiro atoms. The molecule has 236 valence electrons. The molecule has 43 heavy (non-hydrogen) atoms. The van der Waals surface area contributed by atoms with Crippen LogP contribution in [0.1, 0.15) is 27.7 Å². The highest BCUT2D eigenvalue weighted by atomic mass is 19.4. The molecule has 2 aromatic rings. The highest BCUT2D eigenvalue weighted by Crippen LogP contribution is 2.24. The van der Waals surface area contributed by atoms with Crippen molar-refractivity contribution in [1.29, 1.82) is 0 Å². The first-order chi connectivity index (χ1) is 20.2. The molecule has 1 fully saturated rings. The number of halogens is 3. The van der Waals surface area contributed by atoms with E-state index in [9.17, 15) is 27.6 Å². The number of hydrogen-bond donors (Lipinski definition) is 0. The molecular formula is C29H39F3N6O5. The minimum Gasteiger partial charge on any atom is -0.425 e. The number of carbonyl (C=O) groups excluding carboxylic acids is 1. The number of likely N-dealkylation sites (N-methyl/N-ethyl adjacent to an activating group) is 1. The fourth-order valence-electron chi connectivity index (χ4n) is 4.14. The van der Waals surface area contributed by atoms with Crippen LogP contribution < -0.4 is 16.0 Å². The number of nitrogens with zero attached hydrogens (tertiary/aromatic N) is 6. The van der Waals surface area contributed by atoms with E-state index in [1.807, 2.05) is 27.8 Å². The van der Waals surface area contributed by atoms with E-state index in [1.165, 1.54) is 11.6 Å². The van der Waals surface area contributed by atoms with Gasteiger partial charge in [0.05, 0.1) is 0 Å². The number of carbonyl (C=O) groups is 1. The Hall–Kier alpha value is -4.33. The van der Waals surface area contributed by atoms with Gasteiger partial charge in [-0.15, -0.1) is 13.2 Å². The van der Waals surface area contributed by atoms with Gasteiger partial charge in [0, 0.05) is 45.8 Å². The maximum Gasteiger partial charge on any atom is 0.573 e. The predicted octanol–water partition coefficient (Wildman–Crippen LogP) is 3.72. The van der Waals surface area contributed by atoms with Crippen molar-refractivity contribution in [2.75, 3.05) is 33.2 Å². The minimum absolute atomic E-state index is 0.0321. The number of rotatable bonds is 10. The molecule has 11 nitrogen and oxygen atoms in total. The van der Waals surface area contributed by atoms with Crippen LogP contribution in [0.15, 0.2) is 70.2 Å². The van der Waals surface area contributed by atoms with E-state index in [2.05, 4.69) is 27.8 Å². The highest BCUT2D eigenvalue weighted by Gasteiger charge is 2.31. The molecule has 0 bridgehead atoms. The number of amides is 1. The number of aryl methyl sites for hydroxylation is 1.